The molecule has 1 saturated heterocycles. The summed E-state index contributed by atoms with van der Waals surface area (Å²) in [7, 11) is -0.464. The van der Waals surface area contributed by atoms with Crippen LogP contribution in [0.2, 0.25) is 0 Å². The second-order valence-corrected chi connectivity index (χ2v) is 9.32. The number of likely N-dealkylation sites (tertiary alicyclic amines) is 1. The first-order valence-corrected chi connectivity index (χ1v) is 11.3. The average Bonchev–Trinajstić information content (AvgIpc) is 2.74. The van der Waals surface area contributed by atoms with Gasteiger partial charge >= 0.3 is 0 Å². The van der Waals surface area contributed by atoms with Crippen LogP contribution in [-0.2, 0) is 17.1 Å². The molecule has 0 bridgehead atoms. The highest BCUT2D eigenvalue weighted by Gasteiger charge is 2.26. The molecule has 1 fully saturated rings. The van der Waals surface area contributed by atoms with Gasteiger partial charge in [-0.1, -0.05) is 0 Å². The Morgan fingerprint density at radius 3 is 2.57 bits per heavy atom. The number of amides is 1. The maximum Gasteiger partial charge on any atom is 0.263 e. The Balaban J connectivity index is 1.57. The number of rotatable bonds is 6. The van der Waals surface area contributed by atoms with E-state index < -0.39 is 10.0 Å². The minimum absolute atomic E-state index is 0.127. The van der Waals surface area contributed by atoms with Gasteiger partial charge in [0.1, 0.15) is 11.3 Å². The summed E-state index contributed by atoms with van der Waals surface area (Å²) in [6.07, 6.45) is 2.95. The number of nitrogens with zero attached hydrogens (tertiary/aromatic N) is 2. The number of aryl methyl sites for hydroxylation is 2. The zero-order valence-corrected chi connectivity index (χ0v) is 18.2. The number of benzene rings is 1. The number of pyridine rings is 1. The number of carbonyl (C=O) groups is 1. The first-order chi connectivity index (χ1) is 14.2. The number of hydrogen-bond acceptors (Lipinski definition) is 5. The molecule has 0 saturated carbocycles. The smallest absolute Gasteiger partial charge is 0.263 e. The molecule has 2 heterocycles. The van der Waals surface area contributed by atoms with Crippen molar-refractivity contribution in [2.24, 2.45) is 13.0 Å². The lowest BCUT2D eigenvalue weighted by Crippen LogP contribution is -2.43. The highest BCUT2D eigenvalue weighted by molar-refractivity contribution is 7.89. The molecule has 9 heteroatoms. The van der Waals surface area contributed by atoms with E-state index in [1.807, 2.05) is 0 Å². The van der Waals surface area contributed by atoms with Gasteiger partial charge in [-0.25, -0.2) is 13.1 Å². The predicted molar refractivity (Wildman–Crippen MR) is 113 cm³/mol. The number of hydrogen-bond donors (Lipinski definition) is 1. The SMILES string of the molecule is COc1ccc(S(=O)(=O)NCC2CCN(C(=O)c3cccn(C)c3=O)CC2)cc1C. The van der Waals surface area contributed by atoms with Crippen LogP contribution in [0.5, 0.6) is 5.75 Å². The van der Waals surface area contributed by atoms with Crippen molar-refractivity contribution in [3.63, 3.8) is 0 Å². The first kappa shape index (κ1) is 22.0. The van der Waals surface area contributed by atoms with Gasteiger partial charge in [0.25, 0.3) is 11.5 Å². The van der Waals surface area contributed by atoms with Crippen LogP contribution in [0.15, 0.2) is 46.2 Å². The van der Waals surface area contributed by atoms with Crippen LogP contribution in [0.25, 0.3) is 0 Å². The second kappa shape index (κ2) is 9.01. The summed E-state index contributed by atoms with van der Waals surface area (Å²) in [5.41, 5.74) is 0.598. The Morgan fingerprint density at radius 1 is 1.23 bits per heavy atom. The fraction of sp³-hybridized carbons (Fsp3) is 0.429. The van der Waals surface area contributed by atoms with Gasteiger partial charge in [0.15, 0.2) is 0 Å². The van der Waals surface area contributed by atoms with Crippen LogP contribution < -0.4 is 15.0 Å². The molecule has 1 aliphatic rings. The van der Waals surface area contributed by atoms with Crippen molar-refractivity contribution in [1.82, 2.24) is 14.2 Å². The van der Waals surface area contributed by atoms with Crippen molar-refractivity contribution >= 4 is 15.9 Å². The molecule has 3 rings (SSSR count). The van der Waals surface area contributed by atoms with Crippen LogP contribution in [0.4, 0.5) is 0 Å². The number of carbonyl (C=O) groups excluding carboxylic acids is 1. The molecule has 30 heavy (non-hydrogen) atoms. The summed E-state index contributed by atoms with van der Waals surface area (Å²) in [5, 5.41) is 0. The second-order valence-electron chi connectivity index (χ2n) is 7.56. The quantitative estimate of drug-likeness (QED) is 0.745. The van der Waals surface area contributed by atoms with Gasteiger partial charge in [0, 0.05) is 32.9 Å². The van der Waals surface area contributed by atoms with E-state index in [0.29, 0.717) is 38.2 Å². The third-order valence-electron chi connectivity index (χ3n) is 5.49. The normalized spacial score (nSPS) is 15.2. The molecule has 0 unspecified atom stereocenters. The number of aromatic nitrogens is 1. The van der Waals surface area contributed by atoms with Crippen LogP contribution in [0.1, 0.15) is 28.8 Å². The summed E-state index contributed by atoms with van der Waals surface area (Å²) in [6, 6.07) is 7.97. The lowest BCUT2D eigenvalue weighted by molar-refractivity contribution is 0.0689. The molecule has 0 spiro atoms. The summed E-state index contributed by atoms with van der Waals surface area (Å²) in [5.74, 6) is 0.491. The topological polar surface area (TPSA) is 97.7 Å². The Kier molecular flexibility index (Phi) is 6.62. The molecule has 0 atom stereocenters. The molecule has 1 aliphatic heterocycles. The van der Waals surface area contributed by atoms with E-state index in [0.717, 1.165) is 5.56 Å². The van der Waals surface area contributed by atoms with Gasteiger partial charge in [-0.05, 0) is 61.6 Å². The van der Waals surface area contributed by atoms with Crippen LogP contribution in [-0.4, -0.2) is 50.5 Å². The van der Waals surface area contributed by atoms with Crippen molar-refractivity contribution in [3.8, 4) is 5.75 Å². The van der Waals surface area contributed by atoms with Gasteiger partial charge in [0.2, 0.25) is 10.0 Å². The third kappa shape index (κ3) is 4.73. The Morgan fingerprint density at radius 2 is 1.93 bits per heavy atom. The van der Waals surface area contributed by atoms with Crippen LogP contribution in [0, 0.1) is 12.8 Å². The number of nitrogens with one attached hydrogen (secondary N) is 1. The average molecular weight is 434 g/mol. The molecule has 1 amide bonds. The fourth-order valence-electron chi connectivity index (χ4n) is 3.60. The predicted octanol–water partition coefficient (Wildman–Crippen LogP) is 1.53. The van der Waals surface area contributed by atoms with Crippen molar-refractivity contribution in [3.05, 3.63) is 58.0 Å². The van der Waals surface area contributed by atoms with Crippen LogP contribution >= 0.6 is 0 Å². The van der Waals surface area contributed by atoms with Crippen molar-refractivity contribution in [1.29, 1.82) is 0 Å². The first-order valence-electron chi connectivity index (χ1n) is 9.82. The molecule has 1 aromatic heterocycles. The monoisotopic (exact) mass is 433 g/mol. The van der Waals surface area contributed by atoms with Crippen molar-refractivity contribution in [2.45, 2.75) is 24.7 Å². The molecule has 0 aliphatic carbocycles. The van der Waals surface area contributed by atoms with Gasteiger partial charge in [-0.15, -0.1) is 0 Å². The minimum Gasteiger partial charge on any atom is -0.496 e. The van der Waals surface area contributed by atoms with E-state index >= 15 is 0 Å². The zero-order valence-electron chi connectivity index (χ0n) is 17.4. The molecule has 1 N–H and O–H groups in total. The Bertz CT molecular complexity index is 1090. The molecule has 162 valence electrons. The van der Waals surface area contributed by atoms with E-state index in [-0.39, 0.29) is 27.8 Å². The van der Waals surface area contributed by atoms with Gasteiger partial charge in [-0.3, -0.25) is 9.59 Å². The Labute approximate surface area is 176 Å². The number of piperidine rings is 1. The van der Waals surface area contributed by atoms with Gasteiger partial charge < -0.3 is 14.2 Å². The lowest BCUT2D eigenvalue weighted by Gasteiger charge is -2.32. The van der Waals surface area contributed by atoms with E-state index in [4.69, 9.17) is 4.74 Å². The van der Waals surface area contributed by atoms with Gasteiger partial charge in [0.05, 0.1) is 12.0 Å². The lowest BCUT2D eigenvalue weighted by atomic mass is 9.97. The van der Waals surface area contributed by atoms with E-state index in [1.54, 1.807) is 56.4 Å². The van der Waals surface area contributed by atoms with Gasteiger partial charge in [-0.2, -0.15) is 0 Å². The highest BCUT2D eigenvalue weighted by Crippen LogP contribution is 2.22. The zero-order chi connectivity index (χ0) is 21.9. The number of methoxy groups -OCH3 is 1. The third-order valence-corrected chi connectivity index (χ3v) is 6.92. The van der Waals surface area contributed by atoms with Crippen molar-refractivity contribution < 1.29 is 17.9 Å². The molecule has 2 aromatic rings. The van der Waals surface area contributed by atoms with E-state index in [9.17, 15) is 18.0 Å². The summed E-state index contributed by atoms with van der Waals surface area (Å²) in [6.45, 7) is 3.09. The number of ether oxygens (including phenoxy) is 1. The molecule has 1 aromatic carbocycles. The van der Waals surface area contributed by atoms with E-state index in [2.05, 4.69) is 4.72 Å². The standard InChI is InChI=1S/C21H27N3O5S/c1-15-13-17(6-7-19(15)29-3)30(27,28)22-14-16-8-11-24(12-9-16)21(26)18-5-4-10-23(2)20(18)25/h4-7,10,13,16,22H,8-9,11-12,14H2,1-3H3. The molecular formula is C21H27N3O5S. The summed E-state index contributed by atoms with van der Waals surface area (Å²) >= 11 is 0. The van der Waals surface area contributed by atoms with Crippen molar-refractivity contribution in [2.75, 3.05) is 26.7 Å². The maximum atomic E-state index is 12.7. The summed E-state index contributed by atoms with van der Waals surface area (Å²) < 4.78 is 34.4. The molecular weight excluding hydrogens is 406 g/mol. The van der Waals surface area contributed by atoms with E-state index in [1.165, 1.54) is 10.6 Å². The largest absolute Gasteiger partial charge is 0.496 e. The summed E-state index contributed by atoms with van der Waals surface area (Å²) in [4.78, 5) is 26.7. The molecule has 8 nitrogen and oxygen atoms in total. The Hall–Kier alpha value is -2.65. The maximum absolute atomic E-state index is 12.7. The highest BCUT2D eigenvalue weighted by atomic mass is 32.2. The number of sulfonamides is 1. The molecule has 0 radical (unpaired) electrons. The fourth-order valence-corrected chi connectivity index (χ4v) is 4.80. The minimum atomic E-state index is -3.62. The van der Waals surface area contributed by atoms with Crippen LogP contribution in [0.3, 0.4) is 0 Å².